The minimum Gasteiger partial charge on any atom is -0.372 e. The van der Waals surface area contributed by atoms with Crippen LogP contribution in [-0.2, 0) is 20.9 Å². The second-order valence-corrected chi connectivity index (χ2v) is 10.5. The molecule has 2 fully saturated rings. The lowest BCUT2D eigenvalue weighted by Gasteiger charge is -2.44. The third-order valence-corrected chi connectivity index (χ3v) is 7.70. The van der Waals surface area contributed by atoms with E-state index in [-0.39, 0.29) is 30.0 Å². The fourth-order valence-corrected chi connectivity index (χ4v) is 5.83. The summed E-state index contributed by atoms with van der Waals surface area (Å²) in [4.78, 5) is 20.6. The lowest BCUT2D eigenvalue weighted by Crippen LogP contribution is -2.57. The van der Waals surface area contributed by atoms with Gasteiger partial charge in [0, 0.05) is 30.1 Å². The monoisotopic (exact) mass is 495 g/mol. The van der Waals surface area contributed by atoms with Crippen molar-refractivity contribution in [3.63, 3.8) is 0 Å². The summed E-state index contributed by atoms with van der Waals surface area (Å²) in [5.74, 6) is -0.387. The van der Waals surface area contributed by atoms with Crippen LogP contribution in [0.5, 0.6) is 0 Å². The molecule has 3 aromatic rings. The lowest BCUT2D eigenvalue weighted by atomic mass is 9.85. The van der Waals surface area contributed by atoms with Crippen molar-refractivity contribution in [1.29, 1.82) is 0 Å². The molecule has 0 radical (unpaired) electrons. The van der Waals surface area contributed by atoms with Gasteiger partial charge in [0.1, 0.15) is 5.82 Å². The van der Waals surface area contributed by atoms with Crippen LogP contribution in [0.4, 0.5) is 9.52 Å². The largest absolute Gasteiger partial charge is 0.372 e. The summed E-state index contributed by atoms with van der Waals surface area (Å²) in [6, 6.07) is 16.4. The number of likely N-dealkylation sites (tertiary alicyclic amines) is 1. The summed E-state index contributed by atoms with van der Waals surface area (Å²) in [6.45, 7) is 4.96. The zero-order chi connectivity index (χ0) is 24.3. The molecular weight excluding hydrogens is 465 g/mol. The van der Waals surface area contributed by atoms with Gasteiger partial charge in [0.2, 0.25) is 5.91 Å². The Balaban J connectivity index is 1.21. The number of carbonyl (C=O) groups excluding carboxylic acids is 1. The standard InChI is InChI=1S/C27H30FN3O3S/c1-19-25(21-8-10-22(28)11-9-21)30-26(35-19)29-24(32)17-31-14-13-27(12-5-15-34-27)23(16-31)33-18-20-6-3-2-4-7-20/h2-4,6-11,23H,5,12-18H2,1H3,(H,29,30,32)/t23-,27+/m1/s1. The molecule has 2 saturated heterocycles. The number of aromatic nitrogens is 1. The Kier molecular flexibility index (Phi) is 7.24. The van der Waals surface area contributed by atoms with E-state index in [0.717, 1.165) is 54.1 Å². The first-order valence-corrected chi connectivity index (χ1v) is 12.9. The van der Waals surface area contributed by atoms with E-state index in [9.17, 15) is 9.18 Å². The Hall–Kier alpha value is -2.65. The smallest absolute Gasteiger partial charge is 0.240 e. The Morgan fingerprint density at radius 3 is 2.77 bits per heavy atom. The highest BCUT2D eigenvalue weighted by molar-refractivity contribution is 7.16. The van der Waals surface area contributed by atoms with Crippen LogP contribution in [0.25, 0.3) is 11.3 Å². The molecule has 1 N–H and O–H groups in total. The van der Waals surface area contributed by atoms with Gasteiger partial charge in [-0.2, -0.15) is 0 Å². The maximum atomic E-state index is 13.3. The van der Waals surface area contributed by atoms with E-state index in [1.165, 1.54) is 23.5 Å². The van der Waals surface area contributed by atoms with Gasteiger partial charge in [0.15, 0.2) is 5.13 Å². The van der Waals surface area contributed by atoms with Crippen molar-refractivity contribution in [3.05, 3.63) is 70.9 Å². The molecule has 0 aliphatic carbocycles. The summed E-state index contributed by atoms with van der Waals surface area (Å²) in [5.41, 5.74) is 2.47. The number of nitrogens with zero attached hydrogens (tertiary/aromatic N) is 2. The number of rotatable bonds is 7. The van der Waals surface area contributed by atoms with Crippen LogP contribution in [0.3, 0.4) is 0 Å². The summed E-state index contributed by atoms with van der Waals surface area (Å²) in [5, 5.41) is 3.50. The van der Waals surface area contributed by atoms with Crippen molar-refractivity contribution >= 4 is 22.4 Å². The molecule has 5 rings (SSSR count). The molecule has 1 amide bonds. The molecule has 1 spiro atoms. The van der Waals surface area contributed by atoms with E-state index in [1.54, 1.807) is 12.1 Å². The van der Waals surface area contributed by atoms with Gasteiger partial charge in [-0.05, 0) is 56.0 Å². The van der Waals surface area contributed by atoms with Gasteiger partial charge in [0.25, 0.3) is 0 Å². The molecule has 35 heavy (non-hydrogen) atoms. The van der Waals surface area contributed by atoms with Crippen LogP contribution in [-0.4, -0.2) is 53.7 Å². The average molecular weight is 496 g/mol. The number of aryl methyl sites for hydroxylation is 1. The van der Waals surface area contributed by atoms with E-state index in [0.29, 0.717) is 18.3 Å². The van der Waals surface area contributed by atoms with Crippen LogP contribution >= 0.6 is 11.3 Å². The van der Waals surface area contributed by atoms with Gasteiger partial charge < -0.3 is 14.8 Å². The second-order valence-electron chi connectivity index (χ2n) is 9.27. The minimum absolute atomic E-state index is 0.0843. The fraction of sp³-hybridized carbons (Fsp3) is 0.407. The highest BCUT2D eigenvalue weighted by Gasteiger charge is 2.47. The van der Waals surface area contributed by atoms with Crippen molar-refractivity contribution in [2.24, 2.45) is 0 Å². The van der Waals surface area contributed by atoms with Crippen molar-refractivity contribution in [1.82, 2.24) is 9.88 Å². The van der Waals surface area contributed by atoms with Crippen LogP contribution < -0.4 is 5.32 Å². The molecule has 2 aliphatic heterocycles. The first-order valence-electron chi connectivity index (χ1n) is 12.1. The van der Waals surface area contributed by atoms with E-state index < -0.39 is 0 Å². The molecule has 184 valence electrons. The Bertz CT molecular complexity index is 1150. The molecule has 8 heteroatoms. The molecule has 0 unspecified atom stereocenters. The summed E-state index contributed by atoms with van der Waals surface area (Å²) in [6.07, 6.45) is 2.81. The second kappa shape index (κ2) is 10.5. The average Bonchev–Trinajstić information content (AvgIpc) is 3.47. The molecule has 2 atom stereocenters. The fourth-order valence-electron chi connectivity index (χ4n) is 4.98. The van der Waals surface area contributed by atoms with Gasteiger partial charge in [-0.25, -0.2) is 9.37 Å². The predicted octanol–water partition coefficient (Wildman–Crippen LogP) is 5.04. The number of amides is 1. The third kappa shape index (κ3) is 5.62. The molecule has 3 heterocycles. The summed E-state index contributed by atoms with van der Waals surface area (Å²) < 4.78 is 25.9. The molecule has 2 aliphatic rings. The number of halogens is 1. The van der Waals surface area contributed by atoms with Gasteiger partial charge in [-0.15, -0.1) is 11.3 Å². The normalized spacial score (nSPS) is 22.5. The zero-order valence-corrected chi connectivity index (χ0v) is 20.7. The van der Waals surface area contributed by atoms with E-state index in [1.807, 2.05) is 25.1 Å². The topological polar surface area (TPSA) is 63.7 Å². The van der Waals surface area contributed by atoms with E-state index in [4.69, 9.17) is 9.47 Å². The van der Waals surface area contributed by atoms with Crippen molar-refractivity contribution < 1.29 is 18.7 Å². The molecule has 0 bridgehead atoms. The van der Waals surface area contributed by atoms with Crippen molar-refractivity contribution in [3.8, 4) is 11.3 Å². The predicted molar refractivity (Wildman–Crippen MR) is 135 cm³/mol. The van der Waals surface area contributed by atoms with Gasteiger partial charge in [-0.3, -0.25) is 9.69 Å². The first kappa shape index (κ1) is 24.1. The van der Waals surface area contributed by atoms with Crippen molar-refractivity contribution in [2.45, 2.75) is 44.5 Å². The number of thiazole rings is 1. The minimum atomic E-state index is -0.285. The Labute approximate surface area is 209 Å². The van der Waals surface area contributed by atoms with E-state index in [2.05, 4.69) is 27.3 Å². The van der Waals surface area contributed by atoms with Crippen LogP contribution in [0.15, 0.2) is 54.6 Å². The van der Waals surface area contributed by atoms with Gasteiger partial charge in [-0.1, -0.05) is 30.3 Å². The van der Waals surface area contributed by atoms with Gasteiger partial charge >= 0.3 is 0 Å². The maximum absolute atomic E-state index is 13.3. The molecule has 2 aromatic carbocycles. The molecular formula is C27H30FN3O3S. The number of nitrogens with one attached hydrogen (secondary N) is 1. The summed E-state index contributed by atoms with van der Waals surface area (Å²) >= 11 is 1.43. The van der Waals surface area contributed by atoms with E-state index >= 15 is 0 Å². The number of benzene rings is 2. The highest BCUT2D eigenvalue weighted by Crippen LogP contribution is 2.38. The lowest BCUT2D eigenvalue weighted by molar-refractivity contribution is -0.159. The zero-order valence-electron chi connectivity index (χ0n) is 19.8. The number of piperidine rings is 1. The highest BCUT2D eigenvalue weighted by atomic mass is 32.1. The SMILES string of the molecule is Cc1sc(NC(=O)CN2CC[C@@]3(CCCO3)[C@H](OCc3ccccc3)C2)nc1-c1ccc(F)cc1. The Morgan fingerprint density at radius 2 is 2.03 bits per heavy atom. The van der Waals surface area contributed by atoms with Crippen LogP contribution in [0, 0.1) is 12.7 Å². The number of anilines is 1. The van der Waals surface area contributed by atoms with Crippen molar-refractivity contribution in [2.75, 3.05) is 31.6 Å². The third-order valence-electron chi connectivity index (χ3n) is 6.82. The van der Waals surface area contributed by atoms with Gasteiger partial charge in [0.05, 0.1) is 30.6 Å². The molecule has 0 saturated carbocycles. The maximum Gasteiger partial charge on any atom is 0.240 e. The Morgan fingerprint density at radius 1 is 1.23 bits per heavy atom. The number of hydrogen-bond donors (Lipinski definition) is 1. The van der Waals surface area contributed by atoms with Crippen LogP contribution in [0.2, 0.25) is 0 Å². The first-order chi connectivity index (χ1) is 17.0. The number of hydrogen-bond acceptors (Lipinski definition) is 6. The number of ether oxygens (including phenoxy) is 2. The molecule has 6 nitrogen and oxygen atoms in total. The van der Waals surface area contributed by atoms with Crippen LogP contribution in [0.1, 0.15) is 29.7 Å². The quantitative estimate of drug-likeness (QED) is 0.498. The summed E-state index contributed by atoms with van der Waals surface area (Å²) in [7, 11) is 0. The molecule has 1 aromatic heterocycles. The number of carbonyl (C=O) groups is 1.